The predicted octanol–water partition coefficient (Wildman–Crippen LogP) is 3.27. The molecule has 3 aromatic rings. The molecule has 0 aliphatic carbocycles. The largest absolute Gasteiger partial charge is 0.506 e. The van der Waals surface area contributed by atoms with Gasteiger partial charge in [-0.15, -0.1) is 21.5 Å². The number of aryl methyl sites for hydroxylation is 1. The minimum Gasteiger partial charge on any atom is -0.506 e. The lowest BCUT2D eigenvalue weighted by atomic mass is 10.1. The third-order valence-electron chi connectivity index (χ3n) is 4.67. The number of phenols is 1. The Morgan fingerprint density at radius 1 is 1.28 bits per heavy atom. The highest BCUT2D eigenvalue weighted by Gasteiger charge is 2.19. The number of likely N-dealkylation sites (tertiary alicyclic amines) is 1. The van der Waals surface area contributed by atoms with Crippen LogP contribution in [0.15, 0.2) is 23.6 Å². The molecule has 0 bridgehead atoms. The number of aromatic nitrogens is 3. The molecule has 0 radical (unpaired) electrons. The fourth-order valence-corrected chi connectivity index (χ4v) is 4.23. The Morgan fingerprint density at radius 2 is 2.16 bits per heavy atom. The zero-order valence-corrected chi connectivity index (χ0v) is 15.2. The number of anilines is 1. The van der Waals surface area contributed by atoms with E-state index < -0.39 is 0 Å². The number of hydrogen-bond donors (Lipinski definition) is 2. The molecule has 4 rings (SSSR count). The van der Waals surface area contributed by atoms with Gasteiger partial charge in [-0.1, -0.05) is 6.07 Å². The van der Waals surface area contributed by atoms with Gasteiger partial charge in [-0.25, -0.2) is 4.98 Å². The lowest BCUT2D eigenvalue weighted by molar-refractivity contribution is 0.260. The molecule has 3 heterocycles. The minimum absolute atomic E-state index is 0.251. The third-order valence-corrected chi connectivity index (χ3v) is 5.61. The fraction of sp³-hybridized carbons (Fsp3) is 0.389. The number of likely N-dealkylation sites (N-methyl/N-ethyl adjacent to an activating group) is 1. The van der Waals surface area contributed by atoms with Gasteiger partial charge in [0.05, 0.1) is 10.4 Å². The van der Waals surface area contributed by atoms with Crippen molar-refractivity contribution >= 4 is 27.4 Å². The van der Waals surface area contributed by atoms with Crippen molar-refractivity contribution in [1.29, 1.82) is 0 Å². The van der Waals surface area contributed by atoms with Crippen LogP contribution in [0.25, 0.3) is 21.3 Å². The van der Waals surface area contributed by atoms with Crippen molar-refractivity contribution in [3.63, 3.8) is 0 Å². The van der Waals surface area contributed by atoms with Crippen LogP contribution in [0.5, 0.6) is 5.75 Å². The molecule has 1 aliphatic rings. The zero-order valence-electron chi connectivity index (χ0n) is 14.4. The highest BCUT2D eigenvalue weighted by molar-refractivity contribution is 7.17. The first-order valence-corrected chi connectivity index (χ1v) is 9.36. The Labute approximate surface area is 150 Å². The summed E-state index contributed by atoms with van der Waals surface area (Å²) in [6, 6.07) is 6.22. The van der Waals surface area contributed by atoms with Crippen LogP contribution in [0.2, 0.25) is 0 Å². The molecule has 1 aromatic carbocycles. The number of nitrogens with zero attached hydrogens (tertiary/aromatic N) is 4. The lowest BCUT2D eigenvalue weighted by Crippen LogP contribution is -2.40. The van der Waals surface area contributed by atoms with Crippen LogP contribution < -0.4 is 5.32 Å². The number of hydrogen-bond acceptors (Lipinski definition) is 7. The number of nitrogens with one attached hydrogen (secondary N) is 1. The second-order valence-corrected chi connectivity index (χ2v) is 7.53. The van der Waals surface area contributed by atoms with Crippen LogP contribution in [0.3, 0.4) is 0 Å². The smallest absolute Gasteiger partial charge is 0.243 e. The van der Waals surface area contributed by atoms with Crippen molar-refractivity contribution in [2.45, 2.75) is 25.8 Å². The summed E-state index contributed by atoms with van der Waals surface area (Å²) < 4.78 is 0.867. The van der Waals surface area contributed by atoms with E-state index in [2.05, 4.69) is 32.4 Å². The Kier molecular flexibility index (Phi) is 4.27. The number of thiophene rings is 1. The van der Waals surface area contributed by atoms with Gasteiger partial charge in [0.2, 0.25) is 5.95 Å². The molecule has 1 saturated heterocycles. The van der Waals surface area contributed by atoms with E-state index in [0.29, 0.717) is 23.2 Å². The van der Waals surface area contributed by atoms with Crippen LogP contribution in [-0.4, -0.2) is 51.4 Å². The zero-order chi connectivity index (χ0) is 17.4. The summed E-state index contributed by atoms with van der Waals surface area (Å²) in [5, 5.41) is 25.5. The summed E-state index contributed by atoms with van der Waals surface area (Å²) in [4.78, 5) is 6.88. The lowest BCUT2D eigenvalue weighted by Gasteiger charge is -2.30. The fourth-order valence-electron chi connectivity index (χ4n) is 3.39. The Morgan fingerprint density at radius 3 is 2.96 bits per heavy atom. The maximum absolute atomic E-state index is 10.6. The molecule has 6 nitrogen and oxygen atoms in total. The second kappa shape index (κ2) is 6.57. The Balaban J connectivity index is 1.61. The highest BCUT2D eigenvalue weighted by Crippen LogP contribution is 2.38. The number of benzene rings is 1. The molecule has 25 heavy (non-hydrogen) atoms. The van der Waals surface area contributed by atoms with Gasteiger partial charge < -0.3 is 15.3 Å². The quantitative estimate of drug-likeness (QED) is 0.751. The van der Waals surface area contributed by atoms with Gasteiger partial charge in [0, 0.05) is 18.2 Å². The molecule has 0 amide bonds. The number of fused-ring (bicyclic) bond motifs is 1. The first-order chi connectivity index (χ1) is 12.1. The average molecular weight is 355 g/mol. The number of piperidine rings is 1. The third kappa shape index (κ3) is 3.17. The minimum atomic E-state index is 0.251. The summed E-state index contributed by atoms with van der Waals surface area (Å²) in [6.45, 7) is 4.03. The predicted molar refractivity (Wildman–Crippen MR) is 101 cm³/mol. The van der Waals surface area contributed by atoms with E-state index in [4.69, 9.17) is 0 Å². The number of rotatable bonds is 3. The number of aromatic hydroxyl groups is 1. The molecule has 1 atom stereocenters. The van der Waals surface area contributed by atoms with Crippen LogP contribution in [0.4, 0.5) is 5.95 Å². The molecule has 130 valence electrons. The Bertz CT molecular complexity index is 910. The molecule has 2 N–H and O–H groups in total. The summed E-state index contributed by atoms with van der Waals surface area (Å²) in [5.41, 5.74) is 2.06. The van der Waals surface area contributed by atoms with E-state index in [-0.39, 0.29) is 5.75 Å². The van der Waals surface area contributed by atoms with Gasteiger partial charge in [-0.05, 0) is 56.3 Å². The first-order valence-electron chi connectivity index (χ1n) is 8.48. The van der Waals surface area contributed by atoms with E-state index in [0.717, 1.165) is 35.3 Å². The second-order valence-electron chi connectivity index (χ2n) is 6.62. The Hall–Kier alpha value is -2.25. The van der Waals surface area contributed by atoms with Crippen LogP contribution in [0, 0.1) is 6.92 Å². The molecule has 0 saturated carbocycles. The molecule has 1 fully saturated rings. The van der Waals surface area contributed by atoms with Crippen LogP contribution in [0.1, 0.15) is 18.5 Å². The van der Waals surface area contributed by atoms with Gasteiger partial charge in [0.25, 0.3) is 0 Å². The van der Waals surface area contributed by atoms with E-state index in [1.165, 1.54) is 17.8 Å². The highest BCUT2D eigenvalue weighted by atomic mass is 32.1. The SMILES string of the molecule is Cc1nc(N[C@@H]2CCCN(C)C2)nnc1-c1ccc2ccsc2c1O. The maximum atomic E-state index is 10.6. The van der Waals surface area contributed by atoms with E-state index in [1.807, 2.05) is 30.5 Å². The van der Waals surface area contributed by atoms with Gasteiger partial charge in [0.15, 0.2) is 0 Å². The normalized spacial score (nSPS) is 18.6. The van der Waals surface area contributed by atoms with Crippen molar-refractivity contribution in [2.24, 2.45) is 0 Å². The van der Waals surface area contributed by atoms with Crippen molar-refractivity contribution in [1.82, 2.24) is 20.1 Å². The van der Waals surface area contributed by atoms with Gasteiger partial charge in [0.1, 0.15) is 11.4 Å². The van der Waals surface area contributed by atoms with E-state index in [9.17, 15) is 5.11 Å². The van der Waals surface area contributed by atoms with Crippen molar-refractivity contribution in [3.05, 3.63) is 29.3 Å². The average Bonchev–Trinajstić information content (AvgIpc) is 3.06. The summed E-state index contributed by atoms with van der Waals surface area (Å²) in [5.74, 6) is 0.805. The molecule has 2 aromatic heterocycles. The van der Waals surface area contributed by atoms with Crippen LogP contribution >= 0.6 is 11.3 Å². The standard InChI is InChI=1S/C18H21N5OS/c1-11-15(14-6-5-12-7-9-25-17(12)16(14)24)21-22-18(19-11)20-13-4-3-8-23(2)10-13/h5-7,9,13,24H,3-4,8,10H2,1-2H3,(H,19,20,22)/t13-/m1/s1. The van der Waals surface area contributed by atoms with E-state index >= 15 is 0 Å². The number of phenolic OH excluding ortho intramolecular Hbond substituents is 1. The molecule has 1 aliphatic heterocycles. The summed E-state index contributed by atoms with van der Waals surface area (Å²) in [7, 11) is 2.13. The van der Waals surface area contributed by atoms with Crippen molar-refractivity contribution < 1.29 is 5.11 Å². The van der Waals surface area contributed by atoms with E-state index in [1.54, 1.807) is 0 Å². The topological polar surface area (TPSA) is 74.2 Å². The molecule has 7 heteroatoms. The maximum Gasteiger partial charge on any atom is 0.243 e. The summed E-state index contributed by atoms with van der Waals surface area (Å²) >= 11 is 1.52. The van der Waals surface area contributed by atoms with Gasteiger partial charge in [-0.2, -0.15) is 0 Å². The van der Waals surface area contributed by atoms with Gasteiger partial charge >= 0.3 is 0 Å². The van der Waals surface area contributed by atoms with Crippen molar-refractivity contribution in [3.8, 4) is 17.0 Å². The summed E-state index contributed by atoms with van der Waals surface area (Å²) in [6.07, 6.45) is 2.29. The van der Waals surface area contributed by atoms with Crippen LogP contribution in [-0.2, 0) is 0 Å². The van der Waals surface area contributed by atoms with Gasteiger partial charge in [-0.3, -0.25) is 0 Å². The molecular weight excluding hydrogens is 334 g/mol. The van der Waals surface area contributed by atoms with Crippen molar-refractivity contribution in [2.75, 3.05) is 25.5 Å². The monoisotopic (exact) mass is 355 g/mol. The molecular formula is C18H21N5OS. The molecule has 0 spiro atoms. The first kappa shape index (κ1) is 16.2. The molecule has 0 unspecified atom stereocenters.